The fourth-order valence-electron chi connectivity index (χ4n) is 2.62. The molecule has 0 aliphatic heterocycles. The van der Waals surface area contributed by atoms with Crippen molar-refractivity contribution in [1.82, 2.24) is 20.2 Å². The summed E-state index contributed by atoms with van der Waals surface area (Å²) in [5.41, 5.74) is 1.80. The monoisotopic (exact) mass is 366 g/mol. The first-order valence-corrected chi connectivity index (χ1v) is 8.45. The highest BCUT2D eigenvalue weighted by atomic mass is 19.1. The molecule has 0 saturated carbocycles. The van der Waals surface area contributed by atoms with Gasteiger partial charge in [-0.1, -0.05) is 24.3 Å². The second-order valence-electron chi connectivity index (χ2n) is 6.01. The normalized spacial score (nSPS) is 11.6. The Morgan fingerprint density at radius 2 is 1.89 bits per heavy atom. The molecule has 0 aliphatic carbocycles. The number of halogens is 1. The molecular weight excluding hydrogens is 347 g/mol. The molecule has 27 heavy (non-hydrogen) atoms. The topological polar surface area (TPSA) is 76.0 Å². The number of aromatic nitrogens is 2. The number of hydrogen-bond acceptors (Lipinski definition) is 3. The molecule has 3 rings (SSSR count). The Kier molecular flexibility index (Phi) is 5.61. The summed E-state index contributed by atoms with van der Waals surface area (Å²) in [4.78, 5) is 28.0. The van der Waals surface area contributed by atoms with Crippen LogP contribution in [0.15, 0.2) is 67.3 Å². The van der Waals surface area contributed by atoms with Crippen molar-refractivity contribution in [2.45, 2.75) is 13.0 Å². The first kappa shape index (κ1) is 18.3. The molecule has 1 atom stereocenters. The highest BCUT2D eigenvalue weighted by molar-refractivity contribution is 5.96. The van der Waals surface area contributed by atoms with Crippen molar-refractivity contribution in [2.24, 2.45) is 0 Å². The number of carbonyl (C=O) groups is 2. The summed E-state index contributed by atoms with van der Waals surface area (Å²) in [5.74, 6) is -1.60. The number of rotatable bonds is 6. The molecule has 6 nitrogen and oxygen atoms in total. The van der Waals surface area contributed by atoms with Gasteiger partial charge in [-0.25, -0.2) is 9.37 Å². The average Bonchev–Trinajstić information content (AvgIpc) is 3.21. The molecule has 138 valence electrons. The lowest BCUT2D eigenvalue weighted by Crippen LogP contribution is -2.38. The summed E-state index contributed by atoms with van der Waals surface area (Å²) in [6, 6.07) is 13.1. The van der Waals surface area contributed by atoms with E-state index >= 15 is 0 Å². The summed E-state index contributed by atoms with van der Waals surface area (Å²) in [7, 11) is 0. The molecule has 0 bridgehead atoms. The van der Waals surface area contributed by atoms with Gasteiger partial charge in [-0.15, -0.1) is 0 Å². The molecule has 0 spiro atoms. The van der Waals surface area contributed by atoms with Crippen molar-refractivity contribution in [1.29, 1.82) is 0 Å². The third-order valence-corrected chi connectivity index (χ3v) is 4.10. The second kappa shape index (κ2) is 8.27. The van der Waals surface area contributed by atoms with E-state index in [1.54, 1.807) is 18.6 Å². The molecule has 0 radical (unpaired) electrons. The van der Waals surface area contributed by atoms with Crippen LogP contribution >= 0.6 is 0 Å². The summed E-state index contributed by atoms with van der Waals surface area (Å²) in [5, 5.41) is 5.23. The van der Waals surface area contributed by atoms with Gasteiger partial charge in [0.15, 0.2) is 0 Å². The van der Waals surface area contributed by atoms with E-state index in [1.807, 2.05) is 42.0 Å². The minimum atomic E-state index is -0.624. The SMILES string of the molecule is CC(NC(=O)CNC(=O)c1ccccc1F)c1ccc(-n2ccnc2)cc1. The van der Waals surface area contributed by atoms with Gasteiger partial charge in [0.2, 0.25) is 5.91 Å². The molecule has 7 heteroatoms. The van der Waals surface area contributed by atoms with Crippen LogP contribution in [0.2, 0.25) is 0 Å². The lowest BCUT2D eigenvalue weighted by molar-refractivity contribution is -0.120. The van der Waals surface area contributed by atoms with Crippen molar-refractivity contribution in [3.63, 3.8) is 0 Å². The molecule has 1 unspecified atom stereocenters. The highest BCUT2D eigenvalue weighted by Gasteiger charge is 2.14. The van der Waals surface area contributed by atoms with E-state index in [4.69, 9.17) is 0 Å². The van der Waals surface area contributed by atoms with E-state index in [1.165, 1.54) is 18.2 Å². The van der Waals surface area contributed by atoms with Crippen molar-refractivity contribution < 1.29 is 14.0 Å². The van der Waals surface area contributed by atoms with Gasteiger partial charge in [-0.05, 0) is 36.8 Å². The molecule has 2 N–H and O–H groups in total. The first-order valence-electron chi connectivity index (χ1n) is 8.45. The van der Waals surface area contributed by atoms with Crippen molar-refractivity contribution in [2.75, 3.05) is 6.54 Å². The molecular formula is C20H19FN4O2. The maximum Gasteiger partial charge on any atom is 0.254 e. The molecule has 1 aromatic heterocycles. The fraction of sp³-hybridized carbons (Fsp3) is 0.150. The smallest absolute Gasteiger partial charge is 0.254 e. The number of benzene rings is 2. The largest absolute Gasteiger partial charge is 0.348 e. The van der Waals surface area contributed by atoms with Crippen molar-refractivity contribution in [3.05, 3.63) is 84.2 Å². The van der Waals surface area contributed by atoms with Gasteiger partial charge in [0.25, 0.3) is 5.91 Å². The van der Waals surface area contributed by atoms with Gasteiger partial charge in [0, 0.05) is 18.1 Å². The second-order valence-corrected chi connectivity index (χ2v) is 6.01. The predicted octanol–water partition coefficient (Wildman–Crippen LogP) is 2.62. The average molecular weight is 366 g/mol. The van der Waals surface area contributed by atoms with Crippen LogP contribution in [-0.2, 0) is 4.79 Å². The molecule has 1 heterocycles. The molecule has 2 aromatic carbocycles. The van der Waals surface area contributed by atoms with Crippen LogP contribution in [-0.4, -0.2) is 27.9 Å². The summed E-state index contributed by atoms with van der Waals surface area (Å²) < 4.78 is 15.4. The fourth-order valence-corrected chi connectivity index (χ4v) is 2.62. The molecule has 0 aliphatic rings. The van der Waals surface area contributed by atoms with E-state index in [-0.39, 0.29) is 24.1 Å². The van der Waals surface area contributed by atoms with E-state index in [9.17, 15) is 14.0 Å². The summed E-state index contributed by atoms with van der Waals surface area (Å²) >= 11 is 0. The number of imidazole rings is 1. The quantitative estimate of drug-likeness (QED) is 0.704. The Morgan fingerprint density at radius 3 is 2.56 bits per heavy atom. The lowest BCUT2D eigenvalue weighted by atomic mass is 10.1. The van der Waals surface area contributed by atoms with Gasteiger partial charge in [-0.2, -0.15) is 0 Å². The third kappa shape index (κ3) is 4.58. The van der Waals surface area contributed by atoms with Crippen LogP contribution < -0.4 is 10.6 Å². The standard InChI is InChI=1S/C20H19FN4O2/c1-14(15-6-8-16(9-7-15)25-11-10-22-13-25)24-19(26)12-23-20(27)17-4-2-3-5-18(17)21/h2-11,13-14H,12H2,1H3,(H,23,27)(H,24,26). The Hall–Kier alpha value is -3.48. The zero-order valence-electron chi connectivity index (χ0n) is 14.7. The molecule has 0 fully saturated rings. The predicted molar refractivity (Wildman–Crippen MR) is 98.9 cm³/mol. The van der Waals surface area contributed by atoms with Gasteiger partial charge in [0.1, 0.15) is 5.82 Å². The molecule has 0 saturated heterocycles. The zero-order chi connectivity index (χ0) is 19.2. The van der Waals surface area contributed by atoms with E-state index < -0.39 is 11.7 Å². The van der Waals surface area contributed by atoms with Gasteiger partial charge in [-0.3, -0.25) is 9.59 Å². The van der Waals surface area contributed by atoms with Gasteiger partial charge in [0.05, 0.1) is 24.5 Å². The Labute approximate surface area is 156 Å². The summed E-state index contributed by atoms with van der Waals surface area (Å²) in [6.07, 6.45) is 5.25. The Bertz CT molecular complexity index is 923. The van der Waals surface area contributed by atoms with E-state index in [2.05, 4.69) is 15.6 Å². The van der Waals surface area contributed by atoms with Crippen LogP contribution in [0.25, 0.3) is 5.69 Å². The molecule has 2 amide bonds. The van der Waals surface area contributed by atoms with Gasteiger partial charge < -0.3 is 15.2 Å². The number of amides is 2. The van der Waals surface area contributed by atoms with Crippen LogP contribution in [0.1, 0.15) is 28.9 Å². The van der Waals surface area contributed by atoms with Crippen LogP contribution in [0.5, 0.6) is 0 Å². The van der Waals surface area contributed by atoms with Crippen molar-refractivity contribution in [3.8, 4) is 5.69 Å². The molecule has 3 aromatic rings. The Balaban J connectivity index is 1.53. The van der Waals surface area contributed by atoms with Crippen LogP contribution in [0, 0.1) is 5.82 Å². The maximum absolute atomic E-state index is 13.6. The number of nitrogens with zero attached hydrogens (tertiary/aromatic N) is 2. The number of nitrogens with one attached hydrogen (secondary N) is 2. The van der Waals surface area contributed by atoms with Gasteiger partial charge >= 0.3 is 0 Å². The Morgan fingerprint density at radius 1 is 1.15 bits per heavy atom. The first-order chi connectivity index (χ1) is 13.0. The third-order valence-electron chi connectivity index (χ3n) is 4.10. The number of hydrogen-bond donors (Lipinski definition) is 2. The van der Waals surface area contributed by atoms with Crippen LogP contribution in [0.4, 0.5) is 4.39 Å². The lowest BCUT2D eigenvalue weighted by Gasteiger charge is -2.15. The van der Waals surface area contributed by atoms with Crippen LogP contribution in [0.3, 0.4) is 0 Å². The number of carbonyl (C=O) groups excluding carboxylic acids is 2. The van der Waals surface area contributed by atoms with E-state index in [0.29, 0.717) is 0 Å². The maximum atomic E-state index is 13.6. The van der Waals surface area contributed by atoms with Crippen molar-refractivity contribution >= 4 is 11.8 Å². The highest BCUT2D eigenvalue weighted by Crippen LogP contribution is 2.15. The van der Waals surface area contributed by atoms with E-state index in [0.717, 1.165) is 11.3 Å². The zero-order valence-corrected chi connectivity index (χ0v) is 14.7. The minimum Gasteiger partial charge on any atom is -0.348 e. The minimum absolute atomic E-state index is 0.0894. The summed E-state index contributed by atoms with van der Waals surface area (Å²) in [6.45, 7) is 1.62.